The molecule has 0 radical (unpaired) electrons. The lowest BCUT2D eigenvalue weighted by molar-refractivity contribution is -0.138. The van der Waals surface area contributed by atoms with Crippen molar-refractivity contribution >= 4 is 35.8 Å². The minimum Gasteiger partial charge on any atom is -0.355 e. The zero-order valence-corrected chi connectivity index (χ0v) is 15.7. The molecular formula is C14H29IN4O. The van der Waals surface area contributed by atoms with E-state index in [9.17, 15) is 4.79 Å². The second-order valence-corrected chi connectivity index (χ2v) is 5.91. The van der Waals surface area contributed by atoms with Crippen LogP contribution in [0.25, 0.3) is 0 Å². The summed E-state index contributed by atoms with van der Waals surface area (Å²) in [6, 6.07) is 0.329. The molecule has 0 saturated heterocycles. The number of rotatable bonds is 4. The molecule has 1 aliphatic rings. The molecule has 2 N–H and O–H groups in total. The van der Waals surface area contributed by atoms with Gasteiger partial charge in [0.1, 0.15) is 0 Å². The number of nitrogens with one attached hydrogen (secondary N) is 2. The van der Waals surface area contributed by atoms with Crippen molar-refractivity contribution in [1.82, 2.24) is 15.5 Å². The van der Waals surface area contributed by atoms with Crippen LogP contribution in [0.3, 0.4) is 0 Å². The molecule has 0 aliphatic heterocycles. The molecule has 0 heterocycles. The third-order valence-electron chi connectivity index (χ3n) is 3.66. The second-order valence-electron chi connectivity index (χ2n) is 5.91. The number of guanidine groups is 1. The number of hydrogen-bond acceptors (Lipinski definition) is 2. The zero-order valence-electron chi connectivity index (χ0n) is 13.3. The van der Waals surface area contributed by atoms with Crippen LogP contribution in [0.5, 0.6) is 0 Å². The predicted octanol–water partition coefficient (Wildman–Crippen LogP) is 1.83. The summed E-state index contributed by atoms with van der Waals surface area (Å²) in [5.41, 5.74) is -0.252. The van der Waals surface area contributed by atoms with Crippen molar-refractivity contribution < 1.29 is 4.79 Å². The van der Waals surface area contributed by atoms with E-state index in [-0.39, 0.29) is 35.3 Å². The van der Waals surface area contributed by atoms with E-state index in [1.54, 1.807) is 11.9 Å². The van der Waals surface area contributed by atoms with Gasteiger partial charge < -0.3 is 15.5 Å². The van der Waals surface area contributed by atoms with Crippen LogP contribution in [-0.4, -0.2) is 50.5 Å². The number of halogens is 1. The van der Waals surface area contributed by atoms with Crippen LogP contribution in [0, 0.1) is 5.41 Å². The first-order valence-corrected chi connectivity index (χ1v) is 7.10. The standard InChI is InChI=1S/C14H28N4O.HI/c1-11(2)17-13(15-3)16-10-14(8-6-7-9-14)12(19)18(4)5;/h11H,6-10H2,1-5H3,(H2,15,16,17);1H. The van der Waals surface area contributed by atoms with Gasteiger partial charge in [-0.2, -0.15) is 0 Å². The Morgan fingerprint density at radius 2 is 1.85 bits per heavy atom. The van der Waals surface area contributed by atoms with E-state index < -0.39 is 0 Å². The normalized spacial score (nSPS) is 17.6. The quantitative estimate of drug-likeness (QED) is 0.433. The molecule has 0 spiro atoms. The lowest BCUT2D eigenvalue weighted by atomic mass is 9.84. The minimum atomic E-state index is -0.252. The number of aliphatic imine (C=N–C) groups is 1. The van der Waals surface area contributed by atoms with E-state index in [4.69, 9.17) is 0 Å². The maximum Gasteiger partial charge on any atom is 0.230 e. The lowest BCUT2D eigenvalue weighted by Crippen LogP contribution is -2.50. The summed E-state index contributed by atoms with van der Waals surface area (Å²) >= 11 is 0. The topological polar surface area (TPSA) is 56.7 Å². The van der Waals surface area contributed by atoms with Gasteiger partial charge in [0.25, 0.3) is 0 Å². The average Bonchev–Trinajstić information content (AvgIpc) is 2.82. The molecule has 0 unspecified atom stereocenters. The summed E-state index contributed by atoms with van der Waals surface area (Å²) in [5, 5.41) is 6.56. The Morgan fingerprint density at radius 3 is 2.25 bits per heavy atom. The van der Waals surface area contributed by atoms with E-state index in [0.29, 0.717) is 12.6 Å². The first kappa shape index (κ1) is 19.5. The highest BCUT2D eigenvalue weighted by Crippen LogP contribution is 2.38. The van der Waals surface area contributed by atoms with Crippen LogP contribution in [0.1, 0.15) is 39.5 Å². The van der Waals surface area contributed by atoms with Gasteiger partial charge in [0, 0.05) is 33.7 Å². The van der Waals surface area contributed by atoms with E-state index in [0.717, 1.165) is 31.6 Å². The van der Waals surface area contributed by atoms with Crippen molar-refractivity contribution in [2.45, 2.75) is 45.6 Å². The first-order chi connectivity index (χ1) is 8.91. The highest BCUT2D eigenvalue weighted by Gasteiger charge is 2.42. The molecule has 0 aromatic heterocycles. The van der Waals surface area contributed by atoms with E-state index >= 15 is 0 Å². The van der Waals surface area contributed by atoms with Crippen LogP contribution < -0.4 is 10.6 Å². The molecule has 1 saturated carbocycles. The third-order valence-corrected chi connectivity index (χ3v) is 3.66. The van der Waals surface area contributed by atoms with E-state index in [1.807, 2.05) is 14.1 Å². The van der Waals surface area contributed by atoms with Crippen molar-refractivity contribution in [2.75, 3.05) is 27.7 Å². The fourth-order valence-electron chi connectivity index (χ4n) is 2.71. The monoisotopic (exact) mass is 396 g/mol. The Bertz CT molecular complexity index is 336. The minimum absolute atomic E-state index is 0. The molecule has 0 bridgehead atoms. The van der Waals surface area contributed by atoms with Gasteiger partial charge in [0.05, 0.1) is 5.41 Å². The van der Waals surface area contributed by atoms with Crippen LogP contribution in [0.2, 0.25) is 0 Å². The summed E-state index contributed by atoms with van der Waals surface area (Å²) in [6.07, 6.45) is 4.21. The summed E-state index contributed by atoms with van der Waals surface area (Å²) in [5.74, 6) is 1.00. The van der Waals surface area contributed by atoms with Gasteiger partial charge in [-0.05, 0) is 26.7 Å². The molecule has 0 aromatic carbocycles. The van der Waals surface area contributed by atoms with Crippen LogP contribution >= 0.6 is 24.0 Å². The zero-order chi connectivity index (χ0) is 14.5. The summed E-state index contributed by atoms with van der Waals surface area (Å²) in [6.45, 7) is 4.81. The molecule has 1 rings (SSSR count). The van der Waals surface area contributed by atoms with Gasteiger partial charge in [-0.1, -0.05) is 12.8 Å². The molecule has 0 atom stereocenters. The van der Waals surface area contributed by atoms with Gasteiger partial charge in [-0.3, -0.25) is 9.79 Å². The Labute approximate surface area is 140 Å². The van der Waals surface area contributed by atoms with Crippen LogP contribution in [-0.2, 0) is 4.79 Å². The Kier molecular flexibility index (Phi) is 8.46. The van der Waals surface area contributed by atoms with Crippen LogP contribution in [0.15, 0.2) is 4.99 Å². The maximum absolute atomic E-state index is 12.4. The SMILES string of the molecule is CN=C(NCC1(C(=O)N(C)C)CCCC1)NC(C)C.I. The molecule has 6 heteroatoms. The Balaban J connectivity index is 0.00000361. The van der Waals surface area contributed by atoms with Crippen molar-refractivity contribution in [1.29, 1.82) is 0 Å². The van der Waals surface area contributed by atoms with Gasteiger partial charge in [0.2, 0.25) is 5.91 Å². The van der Waals surface area contributed by atoms with Gasteiger partial charge in [-0.25, -0.2) is 0 Å². The largest absolute Gasteiger partial charge is 0.355 e. The maximum atomic E-state index is 12.4. The lowest BCUT2D eigenvalue weighted by Gasteiger charge is -2.31. The second kappa shape index (κ2) is 8.69. The summed E-state index contributed by atoms with van der Waals surface area (Å²) < 4.78 is 0. The van der Waals surface area contributed by atoms with Gasteiger partial charge >= 0.3 is 0 Å². The molecule has 20 heavy (non-hydrogen) atoms. The predicted molar refractivity (Wildman–Crippen MR) is 94.6 cm³/mol. The molecule has 1 fully saturated rings. The fraction of sp³-hybridized carbons (Fsp3) is 0.857. The molecular weight excluding hydrogens is 367 g/mol. The van der Waals surface area contributed by atoms with Crippen LogP contribution in [0.4, 0.5) is 0 Å². The Morgan fingerprint density at radius 1 is 1.30 bits per heavy atom. The molecule has 118 valence electrons. The van der Waals surface area contributed by atoms with Gasteiger partial charge in [0.15, 0.2) is 5.96 Å². The smallest absolute Gasteiger partial charge is 0.230 e. The number of nitrogens with zero attached hydrogens (tertiary/aromatic N) is 2. The molecule has 1 amide bonds. The third kappa shape index (κ3) is 5.10. The first-order valence-electron chi connectivity index (χ1n) is 7.10. The summed E-state index contributed by atoms with van der Waals surface area (Å²) in [4.78, 5) is 18.3. The van der Waals surface area contributed by atoms with Crippen molar-refractivity contribution in [3.63, 3.8) is 0 Å². The van der Waals surface area contributed by atoms with Crippen molar-refractivity contribution in [3.8, 4) is 0 Å². The number of amides is 1. The fourth-order valence-corrected chi connectivity index (χ4v) is 2.71. The number of hydrogen-bond donors (Lipinski definition) is 2. The molecule has 1 aliphatic carbocycles. The van der Waals surface area contributed by atoms with Crippen molar-refractivity contribution in [3.05, 3.63) is 0 Å². The number of carbonyl (C=O) groups excluding carboxylic acids is 1. The Hall–Kier alpha value is -0.530. The van der Waals surface area contributed by atoms with Crippen molar-refractivity contribution in [2.24, 2.45) is 10.4 Å². The van der Waals surface area contributed by atoms with Gasteiger partial charge in [-0.15, -0.1) is 24.0 Å². The average molecular weight is 396 g/mol. The molecule has 5 nitrogen and oxygen atoms in total. The van der Waals surface area contributed by atoms with E-state index in [1.165, 1.54) is 0 Å². The summed E-state index contributed by atoms with van der Waals surface area (Å²) in [7, 11) is 5.43. The highest BCUT2D eigenvalue weighted by atomic mass is 127. The number of carbonyl (C=O) groups is 1. The molecule has 0 aromatic rings. The van der Waals surface area contributed by atoms with E-state index in [2.05, 4.69) is 29.5 Å². The highest BCUT2D eigenvalue weighted by molar-refractivity contribution is 14.0.